The van der Waals surface area contributed by atoms with Crippen LogP contribution in [0.3, 0.4) is 0 Å². The summed E-state index contributed by atoms with van der Waals surface area (Å²) in [6.07, 6.45) is 2.32. The molecule has 0 amide bonds. The van der Waals surface area contributed by atoms with Crippen LogP contribution in [-0.4, -0.2) is 16.1 Å². The van der Waals surface area contributed by atoms with Gasteiger partial charge in [0.05, 0.1) is 5.69 Å². The van der Waals surface area contributed by atoms with Crippen LogP contribution >= 0.6 is 0 Å². The molecule has 1 aromatic heterocycles. The van der Waals surface area contributed by atoms with Crippen molar-refractivity contribution in [3.63, 3.8) is 0 Å². The summed E-state index contributed by atoms with van der Waals surface area (Å²) >= 11 is 0. The fraction of sp³-hybridized carbons (Fsp3) is 0. The lowest BCUT2D eigenvalue weighted by molar-refractivity contribution is -0.134. The normalized spacial score (nSPS) is 11.2. The fourth-order valence-corrected chi connectivity index (χ4v) is 0.653. The first-order chi connectivity index (χ1) is 5.70. The molecular weight excluding hydrogens is 161 g/mol. The summed E-state index contributed by atoms with van der Waals surface area (Å²) in [5, 5.41) is 8.17. The minimum atomic E-state index is -1.58. The molecule has 0 radical (unpaired) electrons. The number of nitrogens with zero attached hydrogens (tertiary/aromatic N) is 1. The molecule has 12 heavy (non-hydrogen) atoms. The highest BCUT2D eigenvalue weighted by molar-refractivity contribution is 5.89. The van der Waals surface area contributed by atoms with Crippen LogP contribution in [0.5, 0.6) is 0 Å². The van der Waals surface area contributed by atoms with Crippen molar-refractivity contribution in [3.05, 3.63) is 35.9 Å². The Bertz CT molecular complexity index is 308. The summed E-state index contributed by atoms with van der Waals surface area (Å²) in [6.45, 7) is 0. The number of carboxylic acid groups (broad SMARTS) is 1. The first-order valence-electron chi connectivity index (χ1n) is 3.21. The summed E-state index contributed by atoms with van der Waals surface area (Å²) in [4.78, 5) is 13.8. The van der Waals surface area contributed by atoms with E-state index in [0.717, 1.165) is 6.08 Å². The molecule has 0 atom stereocenters. The van der Waals surface area contributed by atoms with Gasteiger partial charge in [-0.2, -0.15) is 4.39 Å². The van der Waals surface area contributed by atoms with Gasteiger partial charge in [-0.15, -0.1) is 0 Å². The van der Waals surface area contributed by atoms with Gasteiger partial charge in [0.2, 0.25) is 5.83 Å². The van der Waals surface area contributed by atoms with E-state index >= 15 is 0 Å². The third-order valence-corrected chi connectivity index (χ3v) is 1.17. The molecule has 4 heteroatoms. The van der Waals surface area contributed by atoms with E-state index in [1.807, 2.05) is 0 Å². The Morgan fingerprint density at radius 3 is 2.83 bits per heavy atom. The highest BCUT2D eigenvalue weighted by Gasteiger charge is 2.04. The summed E-state index contributed by atoms with van der Waals surface area (Å²) in [5.74, 6) is -2.80. The first kappa shape index (κ1) is 8.39. The van der Waals surface area contributed by atoms with Gasteiger partial charge in [0.25, 0.3) is 0 Å². The van der Waals surface area contributed by atoms with Crippen LogP contribution < -0.4 is 0 Å². The molecule has 1 rings (SSSR count). The maximum Gasteiger partial charge on any atom is 0.364 e. The Morgan fingerprint density at radius 1 is 1.58 bits per heavy atom. The van der Waals surface area contributed by atoms with Gasteiger partial charge in [-0.25, -0.2) is 4.79 Å². The predicted octanol–water partition coefficient (Wildman–Crippen LogP) is 1.48. The number of halogens is 1. The number of carboxylic acids is 1. The van der Waals surface area contributed by atoms with Crippen molar-refractivity contribution in [2.75, 3.05) is 0 Å². The van der Waals surface area contributed by atoms with Gasteiger partial charge in [-0.1, -0.05) is 6.07 Å². The summed E-state index contributed by atoms with van der Waals surface area (Å²) in [5.41, 5.74) is 0.289. The van der Waals surface area contributed by atoms with Crippen LogP contribution in [0.4, 0.5) is 4.39 Å². The highest BCUT2D eigenvalue weighted by Crippen LogP contribution is 2.04. The zero-order chi connectivity index (χ0) is 8.97. The Kier molecular flexibility index (Phi) is 2.53. The monoisotopic (exact) mass is 167 g/mol. The van der Waals surface area contributed by atoms with Gasteiger partial charge in [-0.05, 0) is 12.1 Å². The minimum absolute atomic E-state index is 0.289. The molecule has 1 aromatic rings. The molecule has 0 unspecified atom stereocenters. The molecule has 0 saturated carbocycles. The van der Waals surface area contributed by atoms with Gasteiger partial charge < -0.3 is 5.11 Å². The Hall–Kier alpha value is -1.71. The molecule has 0 bridgehead atoms. The SMILES string of the molecule is O=C(O)C(F)=Cc1ccccn1. The van der Waals surface area contributed by atoms with Crippen LogP contribution in [0.1, 0.15) is 5.69 Å². The Balaban J connectivity index is 2.89. The topological polar surface area (TPSA) is 50.2 Å². The molecule has 0 aliphatic carbocycles. The van der Waals surface area contributed by atoms with Crippen molar-refractivity contribution in [2.24, 2.45) is 0 Å². The molecule has 3 nitrogen and oxygen atoms in total. The lowest BCUT2D eigenvalue weighted by Gasteiger charge is -1.90. The van der Waals surface area contributed by atoms with E-state index in [1.165, 1.54) is 12.3 Å². The lowest BCUT2D eigenvalue weighted by Crippen LogP contribution is -1.94. The lowest BCUT2D eigenvalue weighted by atomic mass is 10.3. The van der Waals surface area contributed by atoms with Crippen LogP contribution in [0.25, 0.3) is 6.08 Å². The standard InChI is InChI=1S/C8H6FNO2/c9-7(8(11)12)5-6-3-1-2-4-10-6/h1-5H,(H,11,12). The van der Waals surface area contributed by atoms with E-state index < -0.39 is 11.8 Å². The van der Waals surface area contributed by atoms with E-state index in [2.05, 4.69) is 4.98 Å². The quantitative estimate of drug-likeness (QED) is 0.678. The van der Waals surface area contributed by atoms with E-state index in [0.29, 0.717) is 0 Å². The van der Waals surface area contributed by atoms with Gasteiger partial charge in [0.1, 0.15) is 0 Å². The smallest absolute Gasteiger partial charge is 0.364 e. The average Bonchev–Trinajstić information content (AvgIpc) is 2.06. The van der Waals surface area contributed by atoms with Crippen molar-refractivity contribution in [3.8, 4) is 0 Å². The minimum Gasteiger partial charge on any atom is -0.476 e. The van der Waals surface area contributed by atoms with Crippen molar-refractivity contribution in [1.82, 2.24) is 4.98 Å². The van der Waals surface area contributed by atoms with Crippen molar-refractivity contribution in [1.29, 1.82) is 0 Å². The predicted molar refractivity (Wildman–Crippen MR) is 41.0 cm³/mol. The van der Waals surface area contributed by atoms with Crippen molar-refractivity contribution >= 4 is 12.0 Å². The van der Waals surface area contributed by atoms with Crippen LogP contribution in [0.2, 0.25) is 0 Å². The van der Waals surface area contributed by atoms with Gasteiger partial charge in [0.15, 0.2) is 0 Å². The first-order valence-corrected chi connectivity index (χ1v) is 3.21. The second kappa shape index (κ2) is 3.61. The number of pyridine rings is 1. The number of hydrogen-bond donors (Lipinski definition) is 1. The van der Waals surface area contributed by atoms with E-state index in [1.54, 1.807) is 12.1 Å². The number of rotatable bonds is 2. The largest absolute Gasteiger partial charge is 0.476 e. The number of hydrogen-bond acceptors (Lipinski definition) is 2. The molecule has 1 heterocycles. The van der Waals surface area contributed by atoms with Crippen LogP contribution in [0.15, 0.2) is 30.2 Å². The molecule has 0 fully saturated rings. The summed E-state index contributed by atoms with van der Waals surface area (Å²) in [7, 11) is 0. The second-order valence-electron chi connectivity index (χ2n) is 2.05. The Labute approximate surface area is 68.2 Å². The molecule has 0 aliphatic rings. The molecule has 0 spiro atoms. The highest BCUT2D eigenvalue weighted by atomic mass is 19.1. The van der Waals surface area contributed by atoms with Crippen LogP contribution in [-0.2, 0) is 4.79 Å². The van der Waals surface area contributed by atoms with E-state index in [4.69, 9.17) is 5.11 Å². The third kappa shape index (κ3) is 2.16. The zero-order valence-electron chi connectivity index (χ0n) is 6.07. The zero-order valence-corrected chi connectivity index (χ0v) is 6.07. The van der Waals surface area contributed by atoms with Gasteiger partial charge in [-0.3, -0.25) is 4.98 Å². The number of aliphatic carboxylic acids is 1. The molecule has 0 aliphatic heterocycles. The van der Waals surface area contributed by atoms with Crippen molar-refractivity contribution in [2.45, 2.75) is 0 Å². The molecule has 0 aromatic carbocycles. The summed E-state index contributed by atoms with van der Waals surface area (Å²) < 4.78 is 12.4. The van der Waals surface area contributed by atoms with E-state index in [-0.39, 0.29) is 5.69 Å². The average molecular weight is 167 g/mol. The van der Waals surface area contributed by atoms with Gasteiger partial charge in [0, 0.05) is 12.3 Å². The summed E-state index contributed by atoms with van der Waals surface area (Å²) in [6, 6.07) is 4.83. The molecule has 0 saturated heterocycles. The Morgan fingerprint density at radius 2 is 2.33 bits per heavy atom. The molecular formula is C8H6FNO2. The molecule has 1 N–H and O–H groups in total. The maximum absolute atomic E-state index is 12.4. The van der Waals surface area contributed by atoms with Crippen LogP contribution in [0, 0.1) is 0 Å². The number of aromatic nitrogens is 1. The van der Waals surface area contributed by atoms with Gasteiger partial charge >= 0.3 is 5.97 Å². The molecule has 62 valence electrons. The second-order valence-corrected chi connectivity index (χ2v) is 2.05. The maximum atomic E-state index is 12.4. The van der Waals surface area contributed by atoms with E-state index in [9.17, 15) is 9.18 Å². The third-order valence-electron chi connectivity index (χ3n) is 1.17. The fourth-order valence-electron chi connectivity index (χ4n) is 0.653. The van der Waals surface area contributed by atoms with Crippen molar-refractivity contribution < 1.29 is 14.3 Å². The number of carbonyl (C=O) groups is 1.